The maximum Gasteiger partial charge on any atom is 0.267 e. The number of nitrogens with one attached hydrogen (secondary N) is 1. The van der Waals surface area contributed by atoms with Gasteiger partial charge in [0.05, 0.1) is 12.3 Å². The third-order valence-electron chi connectivity index (χ3n) is 3.83. The van der Waals surface area contributed by atoms with Crippen molar-refractivity contribution in [3.8, 4) is 17.0 Å². The summed E-state index contributed by atoms with van der Waals surface area (Å²) in [5.41, 5.74) is 1.01. The molecule has 0 aliphatic carbocycles. The summed E-state index contributed by atoms with van der Waals surface area (Å²) in [7, 11) is 0. The van der Waals surface area contributed by atoms with Crippen molar-refractivity contribution < 1.29 is 9.53 Å². The van der Waals surface area contributed by atoms with Crippen molar-refractivity contribution in [3.05, 3.63) is 65.2 Å². The van der Waals surface area contributed by atoms with Gasteiger partial charge in [-0.2, -0.15) is 5.10 Å². The van der Waals surface area contributed by atoms with E-state index in [1.807, 2.05) is 31.2 Å². The molecule has 2 aromatic heterocycles. The number of anilines is 1. The lowest BCUT2D eigenvalue weighted by Crippen LogP contribution is -2.33. The minimum atomic E-state index is -0.830. The normalized spacial score (nSPS) is 11.6. The maximum absolute atomic E-state index is 12.4. The average Bonchev–Trinajstić information content (AvgIpc) is 2.69. The summed E-state index contributed by atoms with van der Waals surface area (Å²) < 4.78 is 6.57. The molecule has 0 spiro atoms. The summed E-state index contributed by atoms with van der Waals surface area (Å²) in [5, 5.41) is 6.91. The third-order valence-corrected chi connectivity index (χ3v) is 3.83. The Kier molecular flexibility index (Phi) is 5.55. The summed E-state index contributed by atoms with van der Waals surface area (Å²) in [6, 6.07) is 11.2. The molecule has 8 heteroatoms. The number of hydrogen-bond acceptors (Lipinski definition) is 6. The molecule has 27 heavy (non-hydrogen) atoms. The molecule has 0 saturated heterocycles. The largest absolute Gasteiger partial charge is 0.494 e. The van der Waals surface area contributed by atoms with Crippen LogP contribution < -0.4 is 15.6 Å². The number of rotatable bonds is 6. The van der Waals surface area contributed by atoms with Crippen LogP contribution in [0.15, 0.2) is 59.7 Å². The Hall–Kier alpha value is -3.55. The number of carbonyl (C=O) groups is 1. The van der Waals surface area contributed by atoms with Gasteiger partial charge in [-0.05, 0) is 50.2 Å². The number of hydrogen-bond donors (Lipinski definition) is 1. The van der Waals surface area contributed by atoms with Crippen LogP contribution in [0.2, 0.25) is 0 Å². The molecule has 1 aromatic carbocycles. The molecule has 1 amide bonds. The summed E-state index contributed by atoms with van der Waals surface area (Å²) in [4.78, 5) is 32.5. The SMILES string of the molecule is CCOc1ccc(-c2ccc(=O)n(C(C)C(=O)Nc3ncccn3)n2)cc1. The first-order valence-corrected chi connectivity index (χ1v) is 8.49. The summed E-state index contributed by atoms with van der Waals surface area (Å²) in [6.07, 6.45) is 3.04. The molecule has 0 radical (unpaired) electrons. The minimum absolute atomic E-state index is 0.171. The molecule has 0 aliphatic heterocycles. The van der Waals surface area contributed by atoms with Gasteiger partial charge in [0, 0.05) is 24.0 Å². The molecule has 138 valence electrons. The van der Waals surface area contributed by atoms with E-state index in [0.29, 0.717) is 12.3 Å². The van der Waals surface area contributed by atoms with Crippen molar-refractivity contribution in [2.75, 3.05) is 11.9 Å². The molecule has 1 N–H and O–H groups in total. The minimum Gasteiger partial charge on any atom is -0.494 e. The standard InChI is InChI=1S/C19H19N5O3/c1-3-27-15-7-5-14(6-8-15)16-9-10-17(25)24(23-16)13(2)18(26)22-19-20-11-4-12-21-19/h4-13H,3H2,1-2H3,(H,20,21,22,26). The molecule has 1 unspecified atom stereocenters. The van der Waals surface area contributed by atoms with Gasteiger partial charge in [-0.25, -0.2) is 14.6 Å². The second-order valence-corrected chi connectivity index (χ2v) is 5.70. The molecular formula is C19H19N5O3. The second kappa shape index (κ2) is 8.22. The van der Waals surface area contributed by atoms with Crippen molar-refractivity contribution in [2.24, 2.45) is 0 Å². The van der Waals surface area contributed by atoms with Crippen LogP contribution in [-0.2, 0) is 4.79 Å². The van der Waals surface area contributed by atoms with Crippen molar-refractivity contribution in [3.63, 3.8) is 0 Å². The number of aromatic nitrogens is 4. The van der Waals surface area contributed by atoms with Gasteiger partial charge in [-0.15, -0.1) is 0 Å². The van der Waals surface area contributed by atoms with Crippen LogP contribution in [0, 0.1) is 0 Å². The third kappa shape index (κ3) is 4.35. The lowest BCUT2D eigenvalue weighted by Gasteiger charge is -2.14. The molecule has 2 heterocycles. The molecule has 0 saturated carbocycles. The van der Waals surface area contributed by atoms with Gasteiger partial charge in [0.1, 0.15) is 11.8 Å². The number of amides is 1. The highest BCUT2D eigenvalue weighted by Gasteiger charge is 2.19. The first-order valence-electron chi connectivity index (χ1n) is 8.49. The van der Waals surface area contributed by atoms with Crippen molar-refractivity contribution in [2.45, 2.75) is 19.9 Å². The van der Waals surface area contributed by atoms with Gasteiger partial charge in [0.15, 0.2) is 0 Å². The van der Waals surface area contributed by atoms with E-state index in [9.17, 15) is 9.59 Å². The van der Waals surface area contributed by atoms with Gasteiger partial charge in [0.25, 0.3) is 11.5 Å². The molecular weight excluding hydrogens is 346 g/mol. The zero-order valence-electron chi connectivity index (χ0n) is 15.0. The van der Waals surface area contributed by atoms with Gasteiger partial charge < -0.3 is 4.74 Å². The van der Waals surface area contributed by atoms with E-state index in [4.69, 9.17) is 4.74 Å². The number of ether oxygens (including phenoxy) is 1. The summed E-state index contributed by atoms with van der Waals surface area (Å²) in [5.74, 6) is 0.495. The first-order chi connectivity index (χ1) is 13.1. The smallest absolute Gasteiger partial charge is 0.267 e. The molecule has 0 bridgehead atoms. The highest BCUT2D eigenvalue weighted by molar-refractivity contribution is 5.91. The van der Waals surface area contributed by atoms with Crippen LogP contribution in [0.4, 0.5) is 5.95 Å². The van der Waals surface area contributed by atoms with Gasteiger partial charge in [-0.1, -0.05) is 0 Å². The van der Waals surface area contributed by atoms with Crippen LogP contribution in [-0.4, -0.2) is 32.3 Å². The van der Waals surface area contributed by atoms with E-state index in [1.54, 1.807) is 19.1 Å². The average molecular weight is 365 g/mol. The molecule has 3 aromatic rings. The highest BCUT2D eigenvalue weighted by Crippen LogP contribution is 2.20. The van der Waals surface area contributed by atoms with Gasteiger partial charge >= 0.3 is 0 Å². The molecule has 1 atom stereocenters. The second-order valence-electron chi connectivity index (χ2n) is 5.70. The van der Waals surface area contributed by atoms with E-state index in [0.717, 1.165) is 16.0 Å². The van der Waals surface area contributed by atoms with Crippen LogP contribution in [0.1, 0.15) is 19.9 Å². The molecule has 3 rings (SSSR count). The Morgan fingerprint density at radius 2 is 1.85 bits per heavy atom. The monoisotopic (exact) mass is 365 g/mol. The van der Waals surface area contributed by atoms with Crippen LogP contribution >= 0.6 is 0 Å². The predicted octanol–water partition coefficient (Wildman–Crippen LogP) is 2.30. The zero-order chi connectivity index (χ0) is 19.2. The molecule has 0 fully saturated rings. The van der Waals surface area contributed by atoms with Crippen molar-refractivity contribution >= 4 is 11.9 Å². The van der Waals surface area contributed by atoms with E-state index < -0.39 is 11.9 Å². The Bertz CT molecular complexity index is 971. The Morgan fingerprint density at radius 3 is 2.52 bits per heavy atom. The Labute approximate surface area is 155 Å². The van der Waals surface area contributed by atoms with E-state index >= 15 is 0 Å². The van der Waals surface area contributed by atoms with E-state index in [-0.39, 0.29) is 11.5 Å². The van der Waals surface area contributed by atoms with E-state index in [1.165, 1.54) is 18.5 Å². The van der Waals surface area contributed by atoms with Crippen molar-refractivity contribution in [1.29, 1.82) is 0 Å². The maximum atomic E-state index is 12.4. The summed E-state index contributed by atoms with van der Waals surface area (Å²) in [6.45, 7) is 4.09. The van der Waals surface area contributed by atoms with Crippen LogP contribution in [0.25, 0.3) is 11.3 Å². The lowest BCUT2D eigenvalue weighted by molar-refractivity contribution is -0.119. The number of nitrogens with zero attached hydrogens (tertiary/aromatic N) is 4. The Morgan fingerprint density at radius 1 is 1.15 bits per heavy atom. The first kappa shape index (κ1) is 18.2. The fourth-order valence-corrected chi connectivity index (χ4v) is 2.43. The molecule has 8 nitrogen and oxygen atoms in total. The predicted molar refractivity (Wildman–Crippen MR) is 100 cm³/mol. The highest BCUT2D eigenvalue weighted by atomic mass is 16.5. The van der Waals surface area contributed by atoms with Gasteiger partial charge in [-0.3, -0.25) is 14.9 Å². The summed E-state index contributed by atoms with van der Waals surface area (Å²) >= 11 is 0. The van der Waals surface area contributed by atoms with Crippen molar-refractivity contribution in [1.82, 2.24) is 19.7 Å². The molecule has 0 aliphatic rings. The topological polar surface area (TPSA) is 99.0 Å². The Balaban J connectivity index is 1.84. The van der Waals surface area contributed by atoms with Gasteiger partial charge in [0.2, 0.25) is 5.95 Å². The van der Waals surface area contributed by atoms with Crippen LogP contribution in [0.3, 0.4) is 0 Å². The quantitative estimate of drug-likeness (QED) is 0.720. The van der Waals surface area contributed by atoms with E-state index in [2.05, 4.69) is 20.4 Å². The fourth-order valence-electron chi connectivity index (χ4n) is 2.43. The fraction of sp³-hybridized carbons (Fsp3) is 0.211. The van der Waals surface area contributed by atoms with Crippen LogP contribution in [0.5, 0.6) is 5.75 Å². The number of benzene rings is 1. The number of carbonyl (C=O) groups excluding carboxylic acids is 1. The lowest BCUT2D eigenvalue weighted by atomic mass is 10.1. The zero-order valence-corrected chi connectivity index (χ0v) is 15.0.